The minimum atomic E-state index is -4.95. The maximum atomic E-state index is 13.0. The van der Waals surface area contributed by atoms with Crippen LogP contribution in [0, 0.1) is 17.8 Å². The van der Waals surface area contributed by atoms with Crippen molar-refractivity contribution in [2.24, 2.45) is 17.8 Å². The van der Waals surface area contributed by atoms with Crippen LogP contribution in [0.15, 0.2) is 0 Å². The highest BCUT2D eigenvalue weighted by Gasteiger charge is 2.30. The second-order valence-corrected chi connectivity index (χ2v) is 27.6. The number of esters is 4. The molecule has 0 spiro atoms. The summed E-state index contributed by atoms with van der Waals surface area (Å²) in [6.07, 6.45) is 37.7. The number of phosphoric ester groups is 2. The summed E-state index contributed by atoms with van der Waals surface area (Å²) in [6, 6.07) is 0. The summed E-state index contributed by atoms with van der Waals surface area (Å²) in [5.41, 5.74) is 0. The van der Waals surface area contributed by atoms with E-state index in [1.54, 1.807) is 0 Å². The molecule has 84 heavy (non-hydrogen) atoms. The highest BCUT2D eigenvalue weighted by molar-refractivity contribution is 7.47. The van der Waals surface area contributed by atoms with Gasteiger partial charge in [-0.1, -0.05) is 267 Å². The molecule has 0 saturated heterocycles. The van der Waals surface area contributed by atoms with E-state index < -0.39 is 97.5 Å². The zero-order valence-corrected chi connectivity index (χ0v) is 56.1. The molecule has 3 unspecified atom stereocenters. The van der Waals surface area contributed by atoms with Gasteiger partial charge in [-0.2, -0.15) is 0 Å². The highest BCUT2D eigenvalue weighted by atomic mass is 31.2. The Kier molecular flexibility index (Phi) is 55.0. The first kappa shape index (κ1) is 82.1. The van der Waals surface area contributed by atoms with Crippen LogP contribution >= 0.6 is 15.6 Å². The van der Waals surface area contributed by atoms with Crippen LogP contribution in [0.1, 0.15) is 318 Å². The molecule has 0 aliphatic heterocycles. The van der Waals surface area contributed by atoms with Gasteiger partial charge in [0.1, 0.15) is 19.3 Å². The first-order valence-corrected chi connectivity index (χ1v) is 36.9. The largest absolute Gasteiger partial charge is 0.472 e. The fourth-order valence-electron chi connectivity index (χ4n) is 9.62. The first-order chi connectivity index (χ1) is 40.3. The third kappa shape index (κ3) is 57.8. The quantitative estimate of drug-likeness (QED) is 0.0222. The van der Waals surface area contributed by atoms with E-state index in [-0.39, 0.29) is 25.7 Å². The number of aliphatic hydroxyl groups is 1. The molecule has 0 aliphatic rings. The Morgan fingerprint density at radius 3 is 0.905 bits per heavy atom. The van der Waals surface area contributed by atoms with Crippen LogP contribution in [0.3, 0.4) is 0 Å². The normalized spacial score (nSPS) is 14.7. The Bertz CT molecular complexity index is 1670. The second-order valence-electron chi connectivity index (χ2n) is 24.7. The predicted octanol–water partition coefficient (Wildman–Crippen LogP) is 17.9. The summed E-state index contributed by atoms with van der Waals surface area (Å²) in [5.74, 6) is 0.0167. The molecule has 0 aromatic rings. The molecular formula is C65H126O17P2. The van der Waals surface area contributed by atoms with Crippen LogP contribution in [0.25, 0.3) is 0 Å². The zero-order valence-electron chi connectivity index (χ0n) is 54.4. The molecule has 0 radical (unpaired) electrons. The van der Waals surface area contributed by atoms with E-state index in [1.165, 1.54) is 122 Å². The van der Waals surface area contributed by atoms with Crippen molar-refractivity contribution in [2.75, 3.05) is 39.6 Å². The van der Waals surface area contributed by atoms with E-state index in [9.17, 15) is 43.2 Å². The Balaban J connectivity index is 5.25. The monoisotopic (exact) mass is 1240 g/mol. The van der Waals surface area contributed by atoms with Gasteiger partial charge in [-0.25, -0.2) is 9.13 Å². The average Bonchev–Trinajstić information content (AvgIpc) is 3.47. The number of hydrogen-bond acceptors (Lipinski definition) is 15. The fourth-order valence-corrected chi connectivity index (χ4v) is 11.2. The molecule has 498 valence electrons. The number of ether oxygens (including phenoxy) is 4. The summed E-state index contributed by atoms with van der Waals surface area (Å²) in [5, 5.41) is 10.5. The number of phosphoric acid groups is 2. The van der Waals surface area contributed by atoms with Crippen molar-refractivity contribution in [2.45, 2.75) is 336 Å². The number of unbranched alkanes of at least 4 members (excludes halogenated alkanes) is 30. The van der Waals surface area contributed by atoms with Crippen LogP contribution in [0.5, 0.6) is 0 Å². The third-order valence-electron chi connectivity index (χ3n) is 15.2. The van der Waals surface area contributed by atoms with Crippen molar-refractivity contribution < 1.29 is 80.2 Å². The van der Waals surface area contributed by atoms with Gasteiger partial charge in [0.25, 0.3) is 0 Å². The molecule has 17 nitrogen and oxygen atoms in total. The van der Waals surface area contributed by atoms with Crippen molar-refractivity contribution in [1.29, 1.82) is 0 Å². The van der Waals surface area contributed by atoms with Gasteiger partial charge < -0.3 is 33.8 Å². The van der Waals surface area contributed by atoms with Crippen LogP contribution in [0.4, 0.5) is 0 Å². The molecular weight excluding hydrogens is 1110 g/mol. The Labute approximate surface area is 511 Å². The first-order valence-electron chi connectivity index (χ1n) is 33.9. The average molecular weight is 1240 g/mol. The lowest BCUT2D eigenvalue weighted by molar-refractivity contribution is -0.161. The van der Waals surface area contributed by atoms with E-state index in [2.05, 4.69) is 48.5 Å². The van der Waals surface area contributed by atoms with Gasteiger partial charge in [-0.3, -0.25) is 37.3 Å². The van der Waals surface area contributed by atoms with E-state index in [4.69, 9.17) is 37.0 Å². The molecule has 0 aliphatic carbocycles. The Morgan fingerprint density at radius 2 is 0.607 bits per heavy atom. The number of carbonyl (C=O) groups is 4. The standard InChI is InChI=1S/C65H126O17P2/c1-8-10-11-12-13-14-15-16-17-18-25-34-41-48-64(69)81-60(52-75-62(67)46-39-32-24-20-19-22-29-36-43-56(3)4)54-79-83(71,72)77-50-59(66)51-78-84(73,74)80-55-61(82-65(70)49-42-35-26-21-23-30-37-44-57(5)6)53-76-63(68)47-40-33-28-27-31-38-45-58(7)9-2/h56-61,66H,8-55H2,1-7H3,(H,71,72)(H,73,74)/t58?,59-,60-,61-/m1/s1. The van der Waals surface area contributed by atoms with Gasteiger partial charge in [0.2, 0.25) is 0 Å². The molecule has 0 amide bonds. The van der Waals surface area contributed by atoms with Crippen LogP contribution in [-0.2, 0) is 65.4 Å². The van der Waals surface area contributed by atoms with E-state index in [1.807, 2.05) is 0 Å². The van der Waals surface area contributed by atoms with Crippen molar-refractivity contribution in [1.82, 2.24) is 0 Å². The van der Waals surface area contributed by atoms with Crippen molar-refractivity contribution in [3.8, 4) is 0 Å². The molecule has 19 heteroatoms. The molecule has 0 heterocycles. The summed E-state index contributed by atoms with van der Waals surface area (Å²) in [4.78, 5) is 72.3. The second kappa shape index (κ2) is 56.3. The fraction of sp³-hybridized carbons (Fsp3) is 0.938. The smallest absolute Gasteiger partial charge is 0.462 e. The Hall–Kier alpha value is -1.94. The van der Waals surface area contributed by atoms with Gasteiger partial charge in [0.05, 0.1) is 26.4 Å². The molecule has 0 fully saturated rings. The lowest BCUT2D eigenvalue weighted by Crippen LogP contribution is -2.30. The third-order valence-corrected chi connectivity index (χ3v) is 17.1. The van der Waals surface area contributed by atoms with Crippen LogP contribution in [0.2, 0.25) is 0 Å². The number of aliphatic hydroxyl groups excluding tert-OH is 1. The zero-order chi connectivity index (χ0) is 62.4. The van der Waals surface area contributed by atoms with Gasteiger partial charge >= 0.3 is 39.5 Å². The Morgan fingerprint density at radius 1 is 0.345 bits per heavy atom. The minimum Gasteiger partial charge on any atom is -0.462 e. The van der Waals surface area contributed by atoms with Crippen LogP contribution < -0.4 is 0 Å². The lowest BCUT2D eigenvalue weighted by Gasteiger charge is -2.21. The van der Waals surface area contributed by atoms with Crippen molar-refractivity contribution in [3.05, 3.63) is 0 Å². The molecule has 6 atom stereocenters. The molecule has 0 bridgehead atoms. The van der Waals surface area contributed by atoms with Gasteiger partial charge in [0, 0.05) is 25.7 Å². The minimum absolute atomic E-state index is 0.102. The highest BCUT2D eigenvalue weighted by Crippen LogP contribution is 2.45. The van der Waals surface area contributed by atoms with Crippen molar-refractivity contribution in [3.63, 3.8) is 0 Å². The van der Waals surface area contributed by atoms with Crippen LogP contribution in [-0.4, -0.2) is 96.7 Å². The van der Waals surface area contributed by atoms with Gasteiger partial charge in [-0.05, 0) is 43.4 Å². The summed E-state index contributed by atoms with van der Waals surface area (Å²) in [6.45, 7) is 11.7. The van der Waals surface area contributed by atoms with E-state index >= 15 is 0 Å². The lowest BCUT2D eigenvalue weighted by atomic mass is 10.00. The molecule has 3 N–H and O–H groups in total. The molecule has 0 aromatic heterocycles. The number of rotatable bonds is 63. The summed E-state index contributed by atoms with van der Waals surface area (Å²) in [7, 11) is -9.89. The molecule has 0 rings (SSSR count). The SMILES string of the molecule is CCCCCCCCCCCCCCCC(=O)O[C@H](COC(=O)CCCCCCCCCCC(C)C)COP(=O)(O)OC[C@@H](O)COP(=O)(O)OC[C@@H](COC(=O)CCCCCCCCC(C)CC)OC(=O)CCCCCCCCCC(C)C. The number of hydrogen-bond donors (Lipinski definition) is 3. The summed E-state index contributed by atoms with van der Waals surface area (Å²) < 4.78 is 68.0. The van der Waals surface area contributed by atoms with Gasteiger partial charge in [0.15, 0.2) is 12.2 Å². The maximum Gasteiger partial charge on any atom is 0.472 e. The predicted molar refractivity (Wildman–Crippen MR) is 335 cm³/mol. The van der Waals surface area contributed by atoms with E-state index in [0.29, 0.717) is 31.6 Å². The van der Waals surface area contributed by atoms with Gasteiger partial charge in [-0.15, -0.1) is 0 Å². The van der Waals surface area contributed by atoms with E-state index in [0.717, 1.165) is 108 Å². The maximum absolute atomic E-state index is 13.0. The summed E-state index contributed by atoms with van der Waals surface area (Å²) >= 11 is 0. The number of carbonyl (C=O) groups excluding carboxylic acids is 4. The molecule has 0 saturated carbocycles. The van der Waals surface area contributed by atoms with Crippen molar-refractivity contribution >= 4 is 39.5 Å². The molecule has 0 aromatic carbocycles. The topological polar surface area (TPSA) is 237 Å².